The van der Waals surface area contributed by atoms with Crippen molar-refractivity contribution < 1.29 is 14.2 Å². The maximum absolute atomic E-state index is 6.33. The van der Waals surface area contributed by atoms with Crippen molar-refractivity contribution in [2.75, 3.05) is 20.8 Å². The molecule has 0 aromatic carbocycles. The van der Waals surface area contributed by atoms with Crippen molar-refractivity contribution >= 4 is 11.0 Å². The Balaban J connectivity index is 1.61. The molecule has 3 fully saturated rings. The van der Waals surface area contributed by atoms with Crippen LogP contribution in [-0.4, -0.2) is 41.9 Å². The molecule has 4 heterocycles. The molecule has 0 unspecified atom stereocenters. The van der Waals surface area contributed by atoms with Gasteiger partial charge >= 0.3 is 0 Å². The Morgan fingerprint density at radius 2 is 1.96 bits per heavy atom. The van der Waals surface area contributed by atoms with E-state index in [0.717, 1.165) is 55.1 Å². The van der Waals surface area contributed by atoms with E-state index in [0.29, 0.717) is 18.2 Å². The lowest BCUT2D eigenvalue weighted by Crippen LogP contribution is -2.59. The van der Waals surface area contributed by atoms with Gasteiger partial charge in [-0.3, -0.25) is 4.98 Å². The van der Waals surface area contributed by atoms with Crippen LogP contribution in [0.15, 0.2) is 18.3 Å². The van der Waals surface area contributed by atoms with Gasteiger partial charge in [0, 0.05) is 17.8 Å². The summed E-state index contributed by atoms with van der Waals surface area (Å²) in [7, 11) is 3.25. The standard InChI is InChI=1S/C19H25N3O3/c1-23-14-11-15(24-2)22-16-13(4-10-21-17(14)16)3-5-19-8-6-18(20,7-9-19)12-25-19/h4,10-11H,3,5-9,12,20H2,1-2H3. The molecule has 0 radical (unpaired) electrons. The third-order valence-electron chi connectivity index (χ3n) is 5.82. The number of rotatable bonds is 5. The lowest BCUT2D eigenvalue weighted by Gasteiger charge is -2.51. The number of aromatic nitrogens is 2. The fourth-order valence-corrected chi connectivity index (χ4v) is 4.06. The van der Waals surface area contributed by atoms with E-state index in [4.69, 9.17) is 19.9 Å². The van der Waals surface area contributed by atoms with Crippen molar-refractivity contribution in [2.24, 2.45) is 5.73 Å². The maximum atomic E-state index is 6.33. The number of hydrogen-bond acceptors (Lipinski definition) is 6. The smallest absolute Gasteiger partial charge is 0.217 e. The number of hydrogen-bond donors (Lipinski definition) is 1. The van der Waals surface area contributed by atoms with Crippen molar-refractivity contribution in [1.82, 2.24) is 9.97 Å². The Labute approximate surface area is 147 Å². The molecule has 0 amide bonds. The Bertz CT molecular complexity index is 768. The first kappa shape index (κ1) is 16.5. The SMILES string of the molecule is COc1cc(OC)c2nccc(CCC34CCC(N)(CC3)CO4)c2n1. The first-order valence-electron chi connectivity index (χ1n) is 8.86. The maximum Gasteiger partial charge on any atom is 0.217 e. The summed E-state index contributed by atoms with van der Waals surface area (Å²) >= 11 is 0. The fourth-order valence-electron chi connectivity index (χ4n) is 4.06. The highest BCUT2D eigenvalue weighted by Gasteiger charge is 2.47. The average Bonchev–Trinajstić information content (AvgIpc) is 2.66. The number of fused-ring (bicyclic) bond motifs is 4. The van der Waals surface area contributed by atoms with Gasteiger partial charge in [0.05, 0.1) is 31.9 Å². The average molecular weight is 343 g/mol. The van der Waals surface area contributed by atoms with Crippen LogP contribution in [0.25, 0.3) is 11.0 Å². The van der Waals surface area contributed by atoms with E-state index in [1.54, 1.807) is 20.3 Å². The summed E-state index contributed by atoms with van der Waals surface area (Å²) < 4.78 is 17.0. The molecule has 5 rings (SSSR count). The number of ether oxygens (including phenoxy) is 3. The number of nitrogens with two attached hydrogens (primary N) is 1. The van der Waals surface area contributed by atoms with Crippen molar-refractivity contribution in [3.8, 4) is 11.6 Å². The van der Waals surface area contributed by atoms with Gasteiger partial charge in [-0.25, -0.2) is 4.98 Å². The molecule has 6 heteroatoms. The Kier molecular flexibility index (Phi) is 4.04. The number of methoxy groups -OCH3 is 2. The summed E-state index contributed by atoms with van der Waals surface area (Å²) in [5, 5.41) is 0. The van der Waals surface area contributed by atoms with Gasteiger partial charge in [-0.1, -0.05) is 0 Å². The van der Waals surface area contributed by atoms with E-state index >= 15 is 0 Å². The summed E-state index contributed by atoms with van der Waals surface area (Å²) in [5.41, 5.74) is 8.97. The van der Waals surface area contributed by atoms with E-state index < -0.39 is 0 Å². The van der Waals surface area contributed by atoms with Crippen LogP contribution < -0.4 is 15.2 Å². The minimum absolute atomic E-state index is 0.0281. The highest BCUT2D eigenvalue weighted by Crippen LogP contribution is 2.45. The molecule has 3 aliphatic rings. The van der Waals surface area contributed by atoms with Gasteiger partial charge in [-0.05, 0) is 50.2 Å². The minimum Gasteiger partial charge on any atom is -0.494 e. The van der Waals surface area contributed by atoms with Crippen LogP contribution in [-0.2, 0) is 11.2 Å². The van der Waals surface area contributed by atoms with Gasteiger partial charge in [0.2, 0.25) is 5.88 Å². The zero-order chi connectivity index (χ0) is 17.5. The Hall–Kier alpha value is -1.92. The lowest BCUT2D eigenvalue weighted by atomic mass is 9.70. The van der Waals surface area contributed by atoms with Gasteiger partial charge in [0.1, 0.15) is 5.52 Å². The zero-order valence-corrected chi connectivity index (χ0v) is 14.9. The summed E-state index contributed by atoms with van der Waals surface area (Å²) in [5.74, 6) is 1.22. The molecule has 2 aromatic heterocycles. The Morgan fingerprint density at radius 3 is 2.60 bits per heavy atom. The molecule has 2 N–H and O–H groups in total. The van der Waals surface area contributed by atoms with E-state index in [9.17, 15) is 0 Å². The summed E-state index contributed by atoms with van der Waals surface area (Å²) in [6, 6.07) is 3.80. The van der Waals surface area contributed by atoms with Crippen LogP contribution in [0.4, 0.5) is 0 Å². The van der Waals surface area contributed by atoms with Crippen LogP contribution >= 0.6 is 0 Å². The molecule has 2 bridgehead atoms. The lowest BCUT2D eigenvalue weighted by molar-refractivity contribution is -0.156. The Morgan fingerprint density at radius 1 is 1.16 bits per heavy atom. The number of nitrogens with zero attached hydrogens (tertiary/aromatic N) is 2. The highest BCUT2D eigenvalue weighted by molar-refractivity contribution is 5.84. The van der Waals surface area contributed by atoms with Gasteiger partial charge in [-0.2, -0.15) is 0 Å². The number of aryl methyl sites for hydroxylation is 1. The second kappa shape index (κ2) is 6.11. The largest absolute Gasteiger partial charge is 0.494 e. The molecule has 1 aliphatic carbocycles. The van der Waals surface area contributed by atoms with Crippen molar-refractivity contribution in [3.63, 3.8) is 0 Å². The van der Waals surface area contributed by atoms with Crippen LogP contribution in [0.3, 0.4) is 0 Å². The number of pyridine rings is 2. The van der Waals surface area contributed by atoms with Gasteiger partial charge in [0.25, 0.3) is 0 Å². The predicted molar refractivity (Wildman–Crippen MR) is 95.0 cm³/mol. The summed E-state index contributed by atoms with van der Waals surface area (Å²) in [6.45, 7) is 0.685. The quantitative estimate of drug-likeness (QED) is 0.899. The van der Waals surface area contributed by atoms with Crippen LogP contribution in [0.1, 0.15) is 37.7 Å². The zero-order valence-electron chi connectivity index (χ0n) is 14.9. The second-order valence-electron chi connectivity index (χ2n) is 7.37. The monoisotopic (exact) mass is 343 g/mol. The van der Waals surface area contributed by atoms with Crippen molar-refractivity contribution in [1.29, 1.82) is 0 Å². The molecule has 2 saturated heterocycles. The van der Waals surface area contributed by atoms with Gasteiger partial charge < -0.3 is 19.9 Å². The molecule has 2 aromatic rings. The molecule has 1 saturated carbocycles. The first-order chi connectivity index (χ1) is 12.1. The van der Waals surface area contributed by atoms with Crippen molar-refractivity contribution in [2.45, 2.75) is 49.7 Å². The molecule has 25 heavy (non-hydrogen) atoms. The molecular weight excluding hydrogens is 318 g/mol. The molecule has 134 valence electrons. The molecule has 2 aliphatic heterocycles. The van der Waals surface area contributed by atoms with E-state index in [2.05, 4.69) is 9.97 Å². The van der Waals surface area contributed by atoms with E-state index in [-0.39, 0.29) is 11.1 Å². The van der Waals surface area contributed by atoms with Crippen LogP contribution in [0.5, 0.6) is 11.6 Å². The molecule has 6 nitrogen and oxygen atoms in total. The second-order valence-corrected chi connectivity index (χ2v) is 7.37. The van der Waals surface area contributed by atoms with E-state index in [1.807, 2.05) is 12.3 Å². The highest BCUT2D eigenvalue weighted by atomic mass is 16.5. The minimum atomic E-state index is -0.0899. The third kappa shape index (κ3) is 2.93. The topological polar surface area (TPSA) is 79.5 Å². The van der Waals surface area contributed by atoms with Crippen LogP contribution in [0.2, 0.25) is 0 Å². The summed E-state index contributed by atoms with van der Waals surface area (Å²) in [6.07, 6.45) is 7.90. The van der Waals surface area contributed by atoms with Crippen LogP contribution in [0, 0.1) is 0 Å². The van der Waals surface area contributed by atoms with Crippen molar-refractivity contribution in [3.05, 3.63) is 23.9 Å². The predicted octanol–water partition coefficient (Wildman–Crippen LogP) is 2.62. The molecule has 0 atom stereocenters. The van der Waals surface area contributed by atoms with Gasteiger partial charge in [-0.15, -0.1) is 0 Å². The first-order valence-corrected chi connectivity index (χ1v) is 8.86. The molecular formula is C19H25N3O3. The molecule has 0 spiro atoms. The summed E-state index contributed by atoms with van der Waals surface area (Å²) in [4.78, 5) is 9.06. The van der Waals surface area contributed by atoms with E-state index in [1.165, 1.54) is 0 Å². The fraction of sp³-hybridized carbons (Fsp3) is 0.579. The third-order valence-corrected chi connectivity index (χ3v) is 5.82. The normalized spacial score (nSPS) is 28.3. The van der Waals surface area contributed by atoms with Gasteiger partial charge in [0.15, 0.2) is 5.75 Å².